The number of hydrogen-bond donors (Lipinski definition) is 0. The maximum absolute atomic E-state index is 12.1. The van der Waals surface area contributed by atoms with Crippen LogP contribution in [0, 0.1) is 0 Å². The van der Waals surface area contributed by atoms with Crippen molar-refractivity contribution in [2.24, 2.45) is 0 Å². The molecule has 3 nitrogen and oxygen atoms in total. The molecule has 0 heterocycles. The molecule has 1 rings (SSSR count). The number of allylic oxidation sites excluding steroid dienone is 1. The van der Waals surface area contributed by atoms with E-state index in [4.69, 9.17) is 0 Å². The Kier molecular flexibility index (Phi) is 10.7. The Morgan fingerprint density at radius 3 is 2.17 bits per heavy atom. The van der Waals surface area contributed by atoms with Crippen molar-refractivity contribution in [2.45, 2.75) is 26.0 Å². The Bertz CT molecular complexity index is 357. The van der Waals surface area contributed by atoms with Gasteiger partial charge in [0.2, 0.25) is 0 Å². The van der Waals surface area contributed by atoms with Crippen molar-refractivity contribution < 1.29 is 47.9 Å². The number of nitrogens with zero attached hydrogens (tertiary/aromatic N) is 1. The molecule has 1 aromatic carbocycles. The summed E-state index contributed by atoms with van der Waals surface area (Å²) in [7, 11) is 1.65. The third-order valence-electron chi connectivity index (χ3n) is 2.77. The van der Waals surface area contributed by atoms with Gasteiger partial charge in [-0.25, -0.2) is 0 Å². The first-order valence-corrected chi connectivity index (χ1v) is 5.34. The number of likely N-dealkylation sites (N-methyl/N-ethyl adjacent to an activating group) is 1. The Morgan fingerprint density at radius 1 is 1.22 bits per heavy atom. The van der Waals surface area contributed by atoms with Gasteiger partial charge in [-0.15, -0.1) is 0 Å². The van der Waals surface area contributed by atoms with Crippen LogP contribution in [-0.2, 0) is 0 Å². The van der Waals surface area contributed by atoms with Gasteiger partial charge in [0.1, 0.15) is 0 Å². The number of benzene rings is 1. The standard InChI is InChI=1S/C13H18NO2.2Li/c1-4-12(15)14(3)10(2)13(16)11-8-6-5-7-9-11;;/h4-10,13,15H,1-3H3;;/q-1;2*+1/p-1/b12-4-;;/t10-,13+;;/m0../s1. The molecule has 0 aliphatic heterocycles. The summed E-state index contributed by atoms with van der Waals surface area (Å²) in [6, 6.07) is 8.77. The molecule has 18 heavy (non-hydrogen) atoms. The van der Waals surface area contributed by atoms with Crippen LogP contribution in [0.25, 0.3) is 0 Å². The van der Waals surface area contributed by atoms with Crippen LogP contribution in [0.4, 0.5) is 0 Å². The van der Waals surface area contributed by atoms with E-state index >= 15 is 0 Å². The molecule has 0 unspecified atom stereocenters. The molecule has 0 bridgehead atoms. The van der Waals surface area contributed by atoms with Crippen molar-refractivity contribution in [1.82, 2.24) is 4.90 Å². The van der Waals surface area contributed by atoms with E-state index < -0.39 is 6.10 Å². The molecule has 0 spiro atoms. The van der Waals surface area contributed by atoms with Gasteiger partial charge in [-0.05, 0) is 19.7 Å². The maximum atomic E-state index is 12.1. The van der Waals surface area contributed by atoms with Crippen LogP contribution in [0.5, 0.6) is 0 Å². The van der Waals surface area contributed by atoms with Gasteiger partial charge < -0.3 is 15.1 Å². The number of hydrogen-bond acceptors (Lipinski definition) is 3. The van der Waals surface area contributed by atoms with E-state index in [1.165, 1.54) is 11.0 Å². The summed E-state index contributed by atoms with van der Waals surface area (Å²) in [5.74, 6) is -0.121. The first-order valence-electron chi connectivity index (χ1n) is 5.34. The molecule has 0 amide bonds. The Hall–Kier alpha value is -0.285. The average Bonchev–Trinajstić information content (AvgIpc) is 2.36. The fourth-order valence-electron chi connectivity index (χ4n) is 1.53. The van der Waals surface area contributed by atoms with Crippen LogP contribution >= 0.6 is 0 Å². The quantitative estimate of drug-likeness (QED) is 0.385. The van der Waals surface area contributed by atoms with E-state index in [2.05, 4.69) is 0 Å². The van der Waals surface area contributed by atoms with E-state index in [0.717, 1.165) is 0 Å². The SMILES string of the molecule is C/C=C(\[O-])N(C)[C@@H](C)[C@@H]([O-])c1ccccc1.[Li+].[Li+]. The van der Waals surface area contributed by atoms with Crippen molar-refractivity contribution in [3.8, 4) is 0 Å². The molecule has 88 valence electrons. The summed E-state index contributed by atoms with van der Waals surface area (Å²) in [6.45, 7) is 3.44. The van der Waals surface area contributed by atoms with Crippen molar-refractivity contribution in [2.75, 3.05) is 7.05 Å². The van der Waals surface area contributed by atoms with Gasteiger partial charge >= 0.3 is 37.7 Å². The van der Waals surface area contributed by atoms with E-state index in [9.17, 15) is 10.2 Å². The number of rotatable bonds is 4. The second-order valence-corrected chi connectivity index (χ2v) is 3.81. The molecular weight excluding hydrogens is 216 g/mol. The normalized spacial score (nSPS) is 13.9. The summed E-state index contributed by atoms with van der Waals surface area (Å²) in [5, 5.41) is 23.5. The molecular formula is C13H17Li2NO2. The fourth-order valence-corrected chi connectivity index (χ4v) is 1.53. The molecule has 0 aliphatic rings. The zero-order valence-corrected chi connectivity index (χ0v) is 11.9. The van der Waals surface area contributed by atoms with Crippen LogP contribution in [0.1, 0.15) is 25.5 Å². The summed E-state index contributed by atoms with van der Waals surface area (Å²) >= 11 is 0. The van der Waals surface area contributed by atoms with Gasteiger partial charge in [0, 0.05) is 13.1 Å². The van der Waals surface area contributed by atoms with E-state index in [1.807, 2.05) is 18.2 Å². The predicted octanol–water partition coefficient (Wildman–Crippen LogP) is -5.36. The third kappa shape index (κ3) is 5.15. The fraction of sp³-hybridized carbons (Fsp3) is 0.385. The van der Waals surface area contributed by atoms with Crippen LogP contribution < -0.4 is 47.9 Å². The summed E-state index contributed by atoms with van der Waals surface area (Å²) in [6.07, 6.45) is 0.559. The van der Waals surface area contributed by atoms with Crippen molar-refractivity contribution in [1.29, 1.82) is 0 Å². The Labute approximate surface area is 133 Å². The van der Waals surface area contributed by atoms with Crippen LogP contribution in [0.2, 0.25) is 0 Å². The molecule has 2 atom stereocenters. The van der Waals surface area contributed by atoms with E-state index in [-0.39, 0.29) is 49.6 Å². The van der Waals surface area contributed by atoms with E-state index in [1.54, 1.807) is 33.0 Å². The van der Waals surface area contributed by atoms with Crippen LogP contribution in [0.3, 0.4) is 0 Å². The first kappa shape index (κ1) is 20.0. The minimum atomic E-state index is -0.907. The van der Waals surface area contributed by atoms with Gasteiger partial charge in [-0.3, -0.25) is 0 Å². The monoisotopic (exact) mass is 233 g/mol. The Balaban J connectivity index is 0. The molecule has 1 aromatic rings. The molecule has 0 saturated carbocycles. The molecule has 0 aromatic heterocycles. The van der Waals surface area contributed by atoms with Gasteiger partial charge in [-0.2, -0.15) is 0 Å². The van der Waals surface area contributed by atoms with Gasteiger partial charge in [0.05, 0.1) is 0 Å². The van der Waals surface area contributed by atoms with Gasteiger partial charge in [0.25, 0.3) is 0 Å². The largest absolute Gasteiger partial charge is 1.00 e. The molecule has 0 N–H and O–H groups in total. The van der Waals surface area contributed by atoms with Crippen molar-refractivity contribution >= 4 is 0 Å². The molecule has 0 aliphatic carbocycles. The van der Waals surface area contributed by atoms with Crippen LogP contribution in [0.15, 0.2) is 42.3 Å². The van der Waals surface area contributed by atoms with Crippen molar-refractivity contribution in [3.05, 3.63) is 47.9 Å². The van der Waals surface area contributed by atoms with E-state index in [0.29, 0.717) is 5.56 Å². The topological polar surface area (TPSA) is 49.4 Å². The molecule has 0 radical (unpaired) electrons. The van der Waals surface area contributed by atoms with Crippen LogP contribution in [-0.4, -0.2) is 18.0 Å². The zero-order chi connectivity index (χ0) is 12.1. The second-order valence-electron chi connectivity index (χ2n) is 3.81. The summed E-state index contributed by atoms with van der Waals surface area (Å²) in [5.41, 5.74) is 0.714. The third-order valence-corrected chi connectivity index (χ3v) is 2.77. The molecule has 0 fully saturated rings. The Morgan fingerprint density at radius 2 is 1.72 bits per heavy atom. The minimum absolute atomic E-state index is 0. The predicted molar refractivity (Wildman–Crippen MR) is 60.2 cm³/mol. The molecule has 0 saturated heterocycles. The maximum Gasteiger partial charge on any atom is 1.00 e. The van der Waals surface area contributed by atoms with Crippen molar-refractivity contribution in [3.63, 3.8) is 0 Å². The smallest absolute Gasteiger partial charge is 0.861 e. The average molecular weight is 233 g/mol. The molecule has 5 heteroatoms. The van der Waals surface area contributed by atoms with Gasteiger partial charge in [-0.1, -0.05) is 48.1 Å². The zero-order valence-electron chi connectivity index (χ0n) is 11.9. The van der Waals surface area contributed by atoms with Gasteiger partial charge in [0.15, 0.2) is 0 Å². The summed E-state index contributed by atoms with van der Waals surface area (Å²) < 4.78 is 0. The second kappa shape index (κ2) is 9.62. The summed E-state index contributed by atoms with van der Waals surface area (Å²) in [4.78, 5) is 1.48. The minimum Gasteiger partial charge on any atom is -0.861 e. The first-order chi connectivity index (χ1) is 7.57.